The van der Waals surface area contributed by atoms with E-state index in [1.807, 2.05) is 11.8 Å². The van der Waals surface area contributed by atoms with Crippen LogP contribution in [0, 0.1) is 27.7 Å². The van der Waals surface area contributed by atoms with Gasteiger partial charge in [-0.05, 0) is 63.8 Å². The standard InChI is InChI=1S/C19H25N3O2/c1-12-7-8-16(10-13(12)2)20-17-6-5-9-22(11-17)19(23)18-14(3)21-24-15(18)4/h7-8,10,17,20H,5-6,9,11H2,1-4H3/t17-/m1/s1. The first-order valence-electron chi connectivity index (χ1n) is 8.51. The molecule has 0 radical (unpaired) electrons. The van der Waals surface area contributed by atoms with Gasteiger partial charge < -0.3 is 14.7 Å². The van der Waals surface area contributed by atoms with Gasteiger partial charge in [-0.25, -0.2) is 0 Å². The highest BCUT2D eigenvalue weighted by Gasteiger charge is 2.28. The summed E-state index contributed by atoms with van der Waals surface area (Å²) in [6.45, 7) is 9.34. The second kappa shape index (κ2) is 6.67. The fourth-order valence-electron chi connectivity index (χ4n) is 3.29. The first-order valence-corrected chi connectivity index (χ1v) is 8.51. The summed E-state index contributed by atoms with van der Waals surface area (Å²) in [6, 6.07) is 6.68. The van der Waals surface area contributed by atoms with Gasteiger partial charge in [0.15, 0.2) is 0 Å². The number of carbonyl (C=O) groups is 1. The van der Waals surface area contributed by atoms with Crippen LogP contribution >= 0.6 is 0 Å². The minimum absolute atomic E-state index is 0.0258. The van der Waals surface area contributed by atoms with Crippen LogP contribution in [0.15, 0.2) is 22.7 Å². The van der Waals surface area contributed by atoms with Crippen LogP contribution in [0.1, 0.15) is 45.8 Å². The van der Waals surface area contributed by atoms with E-state index >= 15 is 0 Å². The molecule has 5 heteroatoms. The van der Waals surface area contributed by atoms with E-state index in [-0.39, 0.29) is 11.9 Å². The van der Waals surface area contributed by atoms with Crippen molar-refractivity contribution in [1.29, 1.82) is 0 Å². The third-order valence-corrected chi connectivity index (χ3v) is 4.83. The summed E-state index contributed by atoms with van der Waals surface area (Å²) >= 11 is 0. The number of aryl methyl sites for hydroxylation is 4. The van der Waals surface area contributed by atoms with E-state index in [1.54, 1.807) is 6.92 Å². The van der Waals surface area contributed by atoms with Gasteiger partial charge in [0.1, 0.15) is 11.3 Å². The molecule has 2 aromatic rings. The number of rotatable bonds is 3. The fourth-order valence-corrected chi connectivity index (χ4v) is 3.29. The minimum atomic E-state index is 0.0258. The molecule has 1 aromatic carbocycles. The molecule has 1 fully saturated rings. The van der Waals surface area contributed by atoms with Crippen LogP contribution in [0.4, 0.5) is 5.69 Å². The minimum Gasteiger partial charge on any atom is -0.381 e. The van der Waals surface area contributed by atoms with Gasteiger partial charge in [0.2, 0.25) is 0 Å². The highest BCUT2D eigenvalue weighted by molar-refractivity contribution is 5.96. The second-order valence-electron chi connectivity index (χ2n) is 6.73. The van der Waals surface area contributed by atoms with E-state index < -0.39 is 0 Å². The van der Waals surface area contributed by atoms with Gasteiger partial charge in [-0.3, -0.25) is 4.79 Å². The molecule has 0 unspecified atom stereocenters. The van der Waals surface area contributed by atoms with E-state index in [0.29, 0.717) is 23.6 Å². The molecule has 0 spiro atoms. The summed E-state index contributed by atoms with van der Waals surface area (Å²) in [5.74, 6) is 0.625. The zero-order valence-electron chi connectivity index (χ0n) is 14.8. The van der Waals surface area contributed by atoms with Crippen molar-refractivity contribution in [3.05, 3.63) is 46.3 Å². The maximum Gasteiger partial charge on any atom is 0.259 e. The van der Waals surface area contributed by atoms with Gasteiger partial charge in [-0.1, -0.05) is 11.2 Å². The van der Waals surface area contributed by atoms with Crippen molar-refractivity contribution in [3.8, 4) is 0 Å². The Morgan fingerprint density at radius 2 is 2.04 bits per heavy atom. The van der Waals surface area contributed by atoms with E-state index in [2.05, 4.69) is 42.5 Å². The van der Waals surface area contributed by atoms with E-state index in [9.17, 15) is 4.79 Å². The Morgan fingerprint density at radius 1 is 1.25 bits per heavy atom. The lowest BCUT2D eigenvalue weighted by atomic mass is 10.0. The third-order valence-electron chi connectivity index (χ3n) is 4.83. The molecular formula is C19H25N3O2. The molecule has 5 nitrogen and oxygen atoms in total. The molecule has 0 saturated carbocycles. The molecule has 1 aliphatic rings. The summed E-state index contributed by atoms with van der Waals surface area (Å²) in [5.41, 5.74) is 4.97. The molecule has 3 rings (SSSR count). The molecule has 1 aliphatic heterocycles. The van der Waals surface area contributed by atoms with Gasteiger partial charge >= 0.3 is 0 Å². The molecule has 1 aromatic heterocycles. The van der Waals surface area contributed by atoms with Crippen molar-refractivity contribution < 1.29 is 9.32 Å². The number of benzene rings is 1. The number of nitrogens with one attached hydrogen (secondary N) is 1. The lowest BCUT2D eigenvalue weighted by molar-refractivity contribution is 0.0712. The largest absolute Gasteiger partial charge is 0.381 e. The van der Waals surface area contributed by atoms with Crippen molar-refractivity contribution in [2.45, 2.75) is 46.6 Å². The number of piperidine rings is 1. The predicted octanol–water partition coefficient (Wildman–Crippen LogP) is 3.62. The summed E-state index contributed by atoms with van der Waals surface area (Å²) in [4.78, 5) is 14.7. The quantitative estimate of drug-likeness (QED) is 0.935. The number of hydrogen-bond donors (Lipinski definition) is 1. The third kappa shape index (κ3) is 3.30. The van der Waals surface area contributed by atoms with Crippen molar-refractivity contribution in [3.63, 3.8) is 0 Å². The first-order chi connectivity index (χ1) is 11.5. The molecule has 1 N–H and O–H groups in total. The molecule has 1 amide bonds. The number of likely N-dealkylation sites (tertiary alicyclic amines) is 1. The molecule has 128 valence electrons. The summed E-state index contributed by atoms with van der Waals surface area (Å²) in [5, 5.41) is 7.47. The van der Waals surface area contributed by atoms with Crippen molar-refractivity contribution in [2.75, 3.05) is 18.4 Å². The molecule has 24 heavy (non-hydrogen) atoms. The number of aromatic nitrogens is 1. The summed E-state index contributed by atoms with van der Waals surface area (Å²) in [7, 11) is 0. The molecule has 0 aliphatic carbocycles. The number of nitrogens with zero attached hydrogens (tertiary/aromatic N) is 2. The SMILES string of the molecule is Cc1ccc(N[C@@H]2CCCN(C(=O)c3c(C)noc3C)C2)cc1C. The highest BCUT2D eigenvalue weighted by atomic mass is 16.5. The van der Waals surface area contributed by atoms with Gasteiger partial charge in [0, 0.05) is 24.8 Å². The molecule has 0 bridgehead atoms. The van der Waals surface area contributed by atoms with Crippen LogP contribution < -0.4 is 5.32 Å². The van der Waals surface area contributed by atoms with Crippen LogP contribution in [0.3, 0.4) is 0 Å². The van der Waals surface area contributed by atoms with Gasteiger partial charge in [0.05, 0.1) is 5.69 Å². The van der Waals surface area contributed by atoms with Crippen molar-refractivity contribution in [2.24, 2.45) is 0 Å². The topological polar surface area (TPSA) is 58.4 Å². The average molecular weight is 327 g/mol. The van der Waals surface area contributed by atoms with E-state index in [0.717, 1.165) is 25.1 Å². The van der Waals surface area contributed by atoms with Crippen molar-refractivity contribution in [1.82, 2.24) is 10.1 Å². The van der Waals surface area contributed by atoms with Crippen LogP contribution in [-0.2, 0) is 0 Å². The number of amides is 1. The maximum absolute atomic E-state index is 12.8. The first kappa shape index (κ1) is 16.6. The smallest absolute Gasteiger partial charge is 0.259 e. The monoisotopic (exact) mass is 327 g/mol. The van der Waals surface area contributed by atoms with Crippen LogP contribution in [-0.4, -0.2) is 35.1 Å². The lowest BCUT2D eigenvalue weighted by Gasteiger charge is -2.33. The Labute approximate surface area is 143 Å². The number of hydrogen-bond acceptors (Lipinski definition) is 4. The Bertz CT molecular complexity index is 732. The second-order valence-corrected chi connectivity index (χ2v) is 6.73. The molecule has 1 atom stereocenters. The lowest BCUT2D eigenvalue weighted by Crippen LogP contribution is -2.45. The molecule has 1 saturated heterocycles. The molecular weight excluding hydrogens is 302 g/mol. The normalized spacial score (nSPS) is 17.8. The van der Waals surface area contributed by atoms with Gasteiger partial charge in [-0.15, -0.1) is 0 Å². The Morgan fingerprint density at radius 3 is 2.71 bits per heavy atom. The zero-order valence-corrected chi connectivity index (χ0v) is 14.8. The van der Waals surface area contributed by atoms with Gasteiger partial charge in [-0.2, -0.15) is 0 Å². The highest BCUT2D eigenvalue weighted by Crippen LogP contribution is 2.22. The van der Waals surface area contributed by atoms with Crippen LogP contribution in [0.25, 0.3) is 0 Å². The summed E-state index contributed by atoms with van der Waals surface area (Å²) < 4.78 is 5.14. The zero-order chi connectivity index (χ0) is 17.3. The maximum atomic E-state index is 12.8. The van der Waals surface area contributed by atoms with Crippen LogP contribution in [0.5, 0.6) is 0 Å². The average Bonchev–Trinajstić information content (AvgIpc) is 2.89. The number of carbonyl (C=O) groups excluding carboxylic acids is 1. The van der Waals surface area contributed by atoms with E-state index in [4.69, 9.17) is 4.52 Å². The fraction of sp³-hybridized carbons (Fsp3) is 0.474. The van der Waals surface area contributed by atoms with E-state index in [1.165, 1.54) is 11.1 Å². The number of anilines is 1. The Kier molecular flexibility index (Phi) is 4.60. The summed E-state index contributed by atoms with van der Waals surface area (Å²) in [6.07, 6.45) is 2.07. The molecule has 2 heterocycles. The Hall–Kier alpha value is -2.30. The predicted molar refractivity (Wildman–Crippen MR) is 94.4 cm³/mol. The Balaban J connectivity index is 1.70. The van der Waals surface area contributed by atoms with Crippen molar-refractivity contribution >= 4 is 11.6 Å². The van der Waals surface area contributed by atoms with Crippen LogP contribution in [0.2, 0.25) is 0 Å². The van der Waals surface area contributed by atoms with Gasteiger partial charge in [0.25, 0.3) is 5.91 Å².